The first-order valence-corrected chi connectivity index (χ1v) is 5.30. The van der Waals surface area contributed by atoms with Gasteiger partial charge in [-0.25, -0.2) is 9.78 Å². The number of ether oxygens (including phenoxy) is 1. The number of nitrogens with two attached hydrogens (primary N) is 1. The van der Waals surface area contributed by atoms with Crippen LogP contribution in [0.4, 0.5) is 6.01 Å². The normalized spacial score (nSPS) is 19.8. The van der Waals surface area contributed by atoms with Gasteiger partial charge >= 0.3 is 12.0 Å². The molecule has 1 aliphatic heterocycles. The van der Waals surface area contributed by atoms with Gasteiger partial charge in [-0.05, 0) is 6.92 Å². The van der Waals surface area contributed by atoms with E-state index in [-0.39, 0.29) is 36.8 Å². The predicted octanol–water partition coefficient (Wildman–Crippen LogP) is -0.0847. The van der Waals surface area contributed by atoms with E-state index in [1.807, 2.05) is 0 Å². The Kier molecular flexibility index (Phi) is 3.10. The van der Waals surface area contributed by atoms with Gasteiger partial charge in [-0.2, -0.15) is 0 Å². The summed E-state index contributed by atoms with van der Waals surface area (Å²) < 4.78 is 9.92. The lowest BCUT2D eigenvalue weighted by Gasteiger charge is -2.09. The highest BCUT2D eigenvalue weighted by Gasteiger charge is 2.31. The molecule has 0 bridgehead atoms. The SMILES string of the molecule is CCOC(=O)c1cnc(N2CC(N)CC2=O)o1. The summed E-state index contributed by atoms with van der Waals surface area (Å²) in [6.07, 6.45) is 1.50. The Bertz CT molecular complexity index is 443. The highest BCUT2D eigenvalue weighted by atomic mass is 16.5. The van der Waals surface area contributed by atoms with Gasteiger partial charge in [0.15, 0.2) is 0 Å². The van der Waals surface area contributed by atoms with E-state index >= 15 is 0 Å². The highest BCUT2D eigenvalue weighted by molar-refractivity contribution is 5.94. The van der Waals surface area contributed by atoms with Crippen molar-refractivity contribution in [3.05, 3.63) is 12.0 Å². The van der Waals surface area contributed by atoms with Crippen LogP contribution >= 0.6 is 0 Å². The molecule has 1 aromatic rings. The van der Waals surface area contributed by atoms with Gasteiger partial charge in [-0.15, -0.1) is 0 Å². The zero-order chi connectivity index (χ0) is 12.4. The standard InChI is InChI=1S/C10H13N3O4/c1-2-16-9(15)7-4-12-10(17-7)13-5-6(11)3-8(13)14/h4,6H,2-3,5,11H2,1H3. The van der Waals surface area contributed by atoms with Gasteiger partial charge < -0.3 is 14.9 Å². The molecular formula is C10H13N3O4. The molecule has 0 saturated carbocycles. The average molecular weight is 239 g/mol. The fraction of sp³-hybridized carbons (Fsp3) is 0.500. The molecule has 1 aromatic heterocycles. The number of rotatable bonds is 3. The van der Waals surface area contributed by atoms with Crippen LogP contribution in [0, 0.1) is 0 Å². The number of aromatic nitrogens is 1. The molecule has 1 atom stereocenters. The molecule has 1 saturated heterocycles. The summed E-state index contributed by atoms with van der Waals surface area (Å²) in [5, 5.41) is 0. The summed E-state index contributed by atoms with van der Waals surface area (Å²) in [5.74, 6) is -0.771. The molecule has 0 aliphatic carbocycles. The molecule has 17 heavy (non-hydrogen) atoms. The molecule has 0 aromatic carbocycles. The zero-order valence-electron chi connectivity index (χ0n) is 9.38. The maximum atomic E-state index is 11.5. The molecule has 1 amide bonds. The van der Waals surface area contributed by atoms with Crippen molar-refractivity contribution in [2.45, 2.75) is 19.4 Å². The van der Waals surface area contributed by atoms with Gasteiger partial charge in [0, 0.05) is 19.0 Å². The molecule has 7 heteroatoms. The van der Waals surface area contributed by atoms with Crippen molar-refractivity contribution >= 4 is 17.9 Å². The topological polar surface area (TPSA) is 98.7 Å². The van der Waals surface area contributed by atoms with Crippen LogP contribution in [0.3, 0.4) is 0 Å². The largest absolute Gasteiger partial charge is 0.460 e. The van der Waals surface area contributed by atoms with Crippen molar-refractivity contribution < 1.29 is 18.7 Å². The lowest BCUT2D eigenvalue weighted by atomic mass is 10.3. The number of anilines is 1. The van der Waals surface area contributed by atoms with Gasteiger partial charge in [-0.3, -0.25) is 9.69 Å². The number of amides is 1. The van der Waals surface area contributed by atoms with E-state index in [4.69, 9.17) is 14.9 Å². The molecule has 0 radical (unpaired) electrons. The van der Waals surface area contributed by atoms with Crippen molar-refractivity contribution in [2.24, 2.45) is 5.73 Å². The Hall–Kier alpha value is -1.89. The molecule has 1 unspecified atom stereocenters. The molecule has 2 rings (SSSR count). The van der Waals surface area contributed by atoms with Crippen molar-refractivity contribution in [3.8, 4) is 0 Å². The van der Waals surface area contributed by atoms with Crippen molar-refractivity contribution in [1.82, 2.24) is 4.98 Å². The minimum absolute atomic E-state index is 0.0184. The van der Waals surface area contributed by atoms with Crippen LogP contribution < -0.4 is 10.6 Å². The van der Waals surface area contributed by atoms with E-state index < -0.39 is 5.97 Å². The third-order valence-corrected chi connectivity index (χ3v) is 2.36. The van der Waals surface area contributed by atoms with Crippen LogP contribution in [0.5, 0.6) is 0 Å². The van der Waals surface area contributed by atoms with E-state index in [1.54, 1.807) is 6.92 Å². The van der Waals surface area contributed by atoms with Gasteiger partial charge in [0.1, 0.15) is 0 Å². The molecule has 0 spiro atoms. The van der Waals surface area contributed by atoms with E-state index in [0.717, 1.165) is 0 Å². The second kappa shape index (κ2) is 4.54. The van der Waals surface area contributed by atoms with Crippen LogP contribution in [-0.2, 0) is 9.53 Å². The average Bonchev–Trinajstić information content (AvgIpc) is 2.85. The molecular weight excluding hydrogens is 226 g/mol. The quantitative estimate of drug-likeness (QED) is 0.740. The number of nitrogens with zero attached hydrogens (tertiary/aromatic N) is 2. The van der Waals surface area contributed by atoms with Crippen molar-refractivity contribution in [1.29, 1.82) is 0 Å². The van der Waals surface area contributed by atoms with Crippen LogP contribution in [0.2, 0.25) is 0 Å². The predicted molar refractivity (Wildman–Crippen MR) is 57.4 cm³/mol. The zero-order valence-corrected chi connectivity index (χ0v) is 9.38. The first-order valence-electron chi connectivity index (χ1n) is 5.30. The smallest absolute Gasteiger partial charge is 0.376 e. The van der Waals surface area contributed by atoms with Crippen LogP contribution in [0.25, 0.3) is 0 Å². The maximum absolute atomic E-state index is 11.5. The summed E-state index contributed by atoms with van der Waals surface area (Å²) >= 11 is 0. The van der Waals surface area contributed by atoms with Gasteiger partial charge in [0.25, 0.3) is 0 Å². The number of carbonyl (C=O) groups excluding carboxylic acids is 2. The number of hydrogen-bond donors (Lipinski definition) is 1. The monoisotopic (exact) mass is 239 g/mol. The number of oxazole rings is 1. The van der Waals surface area contributed by atoms with Gasteiger partial charge in [-0.1, -0.05) is 0 Å². The molecule has 2 heterocycles. The second-order valence-corrected chi connectivity index (χ2v) is 3.70. The van der Waals surface area contributed by atoms with Gasteiger partial charge in [0.05, 0.1) is 12.8 Å². The molecule has 2 N–H and O–H groups in total. The Morgan fingerprint density at radius 1 is 1.76 bits per heavy atom. The summed E-state index contributed by atoms with van der Waals surface area (Å²) in [6, 6.07) is -0.133. The molecule has 1 aliphatic rings. The lowest BCUT2D eigenvalue weighted by molar-refractivity contribution is -0.117. The Balaban J connectivity index is 2.13. The maximum Gasteiger partial charge on any atom is 0.376 e. The summed E-state index contributed by atoms with van der Waals surface area (Å²) in [7, 11) is 0. The third-order valence-electron chi connectivity index (χ3n) is 2.36. The van der Waals surface area contributed by atoms with Crippen LogP contribution in [-0.4, -0.2) is 36.1 Å². The first kappa shape index (κ1) is 11.6. The van der Waals surface area contributed by atoms with E-state index in [0.29, 0.717) is 6.54 Å². The lowest BCUT2D eigenvalue weighted by Crippen LogP contribution is -2.28. The number of carbonyl (C=O) groups is 2. The fourth-order valence-electron chi connectivity index (χ4n) is 1.61. The van der Waals surface area contributed by atoms with Gasteiger partial charge in [0.2, 0.25) is 11.7 Å². The minimum atomic E-state index is -0.595. The van der Waals surface area contributed by atoms with E-state index in [9.17, 15) is 9.59 Å². The second-order valence-electron chi connectivity index (χ2n) is 3.70. The Morgan fingerprint density at radius 2 is 2.53 bits per heavy atom. The molecule has 92 valence electrons. The molecule has 7 nitrogen and oxygen atoms in total. The molecule has 1 fully saturated rings. The Morgan fingerprint density at radius 3 is 3.12 bits per heavy atom. The summed E-state index contributed by atoms with van der Waals surface area (Å²) in [6.45, 7) is 2.29. The van der Waals surface area contributed by atoms with Crippen molar-refractivity contribution in [2.75, 3.05) is 18.1 Å². The van der Waals surface area contributed by atoms with E-state index in [2.05, 4.69) is 4.98 Å². The summed E-state index contributed by atoms with van der Waals surface area (Å²) in [5.41, 5.74) is 5.64. The first-order chi connectivity index (χ1) is 8.11. The van der Waals surface area contributed by atoms with Crippen molar-refractivity contribution in [3.63, 3.8) is 0 Å². The fourth-order valence-corrected chi connectivity index (χ4v) is 1.61. The third kappa shape index (κ3) is 2.28. The summed E-state index contributed by atoms with van der Waals surface area (Å²) in [4.78, 5) is 28.0. The number of hydrogen-bond acceptors (Lipinski definition) is 6. The Labute approximate surface area is 97.5 Å². The van der Waals surface area contributed by atoms with Crippen LogP contribution in [0.1, 0.15) is 23.9 Å². The highest BCUT2D eigenvalue weighted by Crippen LogP contribution is 2.20. The number of esters is 1. The van der Waals surface area contributed by atoms with Crippen LogP contribution in [0.15, 0.2) is 10.6 Å². The van der Waals surface area contributed by atoms with E-state index in [1.165, 1.54) is 11.1 Å². The minimum Gasteiger partial charge on any atom is -0.460 e.